The first kappa shape index (κ1) is 45.3. The van der Waals surface area contributed by atoms with Crippen molar-refractivity contribution in [1.29, 1.82) is 0 Å². The Morgan fingerprint density at radius 3 is 0.984 bits per heavy atom. The summed E-state index contributed by atoms with van der Waals surface area (Å²) in [4.78, 5) is 26.9. The third kappa shape index (κ3) is 12.9. The van der Waals surface area contributed by atoms with Crippen LogP contribution in [0.4, 0.5) is 69.8 Å². The molecule has 0 unspecified atom stereocenters. The normalized spacial score (nSPS) is 10.8. The molecule has 0 fully saturated rings. The summed E-state index contributed by atoms with van der Waals surface area (Å²) in [6.45, 7) is 0. The zero-order valence-corrected chi connectivity index (χ0v) is 32.4. The monoisotopic (exact) mass is 860 g/mol. The number of hydrogen-bond donors (Lipinski definition) is 7. The molecule has 18 heteroatoms. The van der Waals surface area contributed by atoms with Crippen LogP contribution in [0.25, 0.3) is 12.2 Å². The third-order valence-electron chi connectivity index (χ3n) is 8.56. The van der Waals surface area contributed by atoms with E-state index in [1.807, 2.05) is 146 Å². The van der Waals surface area contributed by atoms with Crippen LogP contribution in [0.5, 0.6) is 0 Å². The van der Waals surface area contributed by atoms with E-state index in [-0.39, 0.29) is 87.4 Å². The number of anilines is 12. The molecule has 8 rings (SSSR count). The van der Waals surface area contributed by atoms with E-state index in [9.17, 15) is 13.0 Å². The van der Waals surface area contributed by atoms with Crippen LogP contribution in [0, 0.1) is 0 Å². The molecule has 0 saturated heterocycles. The van der Waals surface area contributed by atoms with Gasteiger partial charge in [0, 0.05) is 34.1 Å². The summed E-state index contributed by atoms with van der Waals surface area (Å²) in [5.74, 6) is 1.61. The third-order valence-corrected chi connectivity index (χ3v) is 9.47. The second kappa shape index (κ2) is 21.5. The van der Waals surface area contributed by atoms with Crippen molar-refractivity contribution in [2.24, 2.45) is 0 Å². The van der Waals surface area contributed by atoms with Crippen LogP contribution in [0.15, 0.2) is 169 Å². The average molecular weight is 861 g/mol. The van der Waals surface area contributed by atoms with Crippen LogP contribution in [-0.2, 0) is 10.1 Å². The van der Waals surface area contributed by atoms with E-state index in [4.69, 9.17) is 0 Å². The number of hydrogen-bond acceptors (Lipinski definition) is 14. The van der Waals surface area contributed by atoms with Gasteiger partial charge in [0.2, 0.25) is 35.7 Å². The number of nitrogens with zero attached hydrogens (tertiary/aromatic N) is 6. The molecule has 2 heterocycles. The predicted octanol–water partition coefficient (Wildman–Crippen LogP) is 8.64. The molecule has 0 spiro atoms. The predicted molar refractivity (Wildman–Crippen MR) is 251 cm³/mol. The van der Waals surface area contributed by atoms with Crippen molar-refractivity contribution in [2.75, 3.05) is 31.9 Å². The van der Waals surface area contributed by atoms with Crippen molar-refractivity contribution in [3.05, 3.63) is 175 Å². The first-order valence-corrected chi connectivity index (χ1v) is 20.0. The summed E-state index contributed by atoms with van der Waals surface area (Å²) in [5.41, 5.74) is 5.20. The van der Waals surface area contributed by atoms with Crippen molar-refractivity contribution in [3.8, 4) is 0 Å². The molecule has 6 aromatic carbocycles. The molecule has 7 N–H and O–H groups in total. The van der Waals surface area contributed by atoms with Gasteiger partial charge in [0.05, 0.1) is 0 Å². The Labute approximate surface area is 402 Å². The van der Waals surface area contributed by atoms with Crippen molar-refractivity contribution in [2.45, 2.75) is 4.90 Å². The van der Waals surface area contributed by atoms with Crippen molar-refractivity contribution in [3.63, 3.8) is 0 Å². The van der Waals surface area contributed by atoms with Crippen LogP contribution >= 0.6 is 0 Å². The quantitative estimate of drug-likeness (QED) is 0.0293. The van der Waals surface area contributed by atoms with E-state index < -0.39 is 10.1 Å². The van der Waals surface area contributed by atoms with Gasteiger partial charge in [-0.1, -0.05) is 103 Å². The number of para-hydroxylation sites is 4. The first-order chi connectivity index (χ1) is 29.3. The molecular formula is C44H38N12Na2O3S. The van der Waals surface area contributed by atoms with Gasteiger partial charge in [-0.2, -0.15) is 38.3 Å². The van der Waals surface area contributed by atoms with Gasteiger partial charge in [-0.05, 0) is 83.9 Å². The molecule has 15 nitrogen and oxygen atoms in total. The molecule has 0 radical (unpaired) electrons. The number of rotatable bonds is 15. The molecule has 0 aliphatic rings. The van der Waals surface area contributed by atoms with E-state index in [0.29, 0.717) is 29.2 Å². The summed E-state index contributed by atoms with van der Waals surface area (Å²) in [5, 5.41) is 19.1. The van der Waals surface area contributed by atoms with Crippen molar-refractivity contribution in [1.82, 2.24) is 29.9 Å². The van der Waals surface area contributed by atoms with Crippen LogP contribution in [-0.4, -0.2) is 102 Å². The Kier molecular flexibility index (Phi) is 15.7. The van der Waals surface area contributed by atoms with E-state index >= 15 is 0 Å². The zero-order valence-electron chi connectivity index (χ0n) is 31.6. The second-order valence-corrected chi connectivity index (χ2v) is 14.4. The fourth-order valence-corrected chi connectivity index (χ4v) is 6.49. The molecule has 0 aliphatic carbocycles. The van der Waals surface area contributed by atoms with E-state index in [1.165, 1.54) is 6.07 Å². The van der Waals surface area contributed by atoms with Gasteiger partial charge in [-0.25, -0.2) is 0 Å². The van der Waals surface area contributed by atoms with Crippen molar-refractivity contribution >= 4 is 151 Å². The minimum absolute atomic E-state index is 0. The van der Waals surface area contributed by atoms with Crippen LogP contribution in [0.1, 0.15) is 11.1 Å². The average Bonchev–Trinajstić information content (AvgIpc) is 3.25. The van der Waals surface area contributed by atoms with Crippen LogP contribution in [0.2, 0.25) is 0 Å². The van der Waals surface area contributed by atoms with E-state index in [0.717, 1.165) is 28.3 Å². The molecule has 0 atom stereocenters. The SMILES string of the molecule is O=S(=O)(O)c1cc(Nc2nc(Nc3ccccc3)nc(Nc3ccccc3)n2)ccc1C=Cc1ccc(Nc2nc(Nc3ccccc3)nc(Nc3ccccc3)n2)cc1.[NaH].[NaH]. The van der Waals surface area contributed by atoms with E-state index in [1.54, 1.807) is 24.3 Å². The molecule has 62 heavy (non-hydrogen) atoms. The summed E-state index contributed by atoms with van der Waals surface area (Å²) in [6, 6.07) is 49.9. The summed E-state index contributed by atoms with van der Waals surface area (Å²) in [6.07, 6.45) is 3.35. The Morgan fingerprint density at radius 1 is 0.371 bits per heavy atom. The molecule has 2 aromatic heterocycles. The summed E-state index contributed by atoms with van der Waals surface area (Å²) >= 11 is 0. The summed E-state index contributed by atoms with van der Waals surface area (Å²) < 4.78 is 35.6. The Hall–Kier alpha value is -6.21. The maximum atomic E-state index is 12.7. The van der Waals surface area contributed by atoms with Gasteiger partial charge in [-0.3, -0.25) is 4.55 Å². The maximum absolute atomic E-state index is 12.7. The fraction of sp³-hybridized carbons (Fsp3) is 0. The molecule has 0 aliphatic heterocycles. The number of benzene rings is 6. The van der Waals surface area contributed by atoms with Crippen molar-refractivity contribution < 1.29 is 13.0 Å². The van der Waals surface area contributed by atoms with E-state index in [2.05, 4.69) is 61.8 Å². The number of nitrogens with one attached hydrogen (secondary N) is 6. The molecular weight excluding hydrogens is 823 g/mol. The summed E-state index contributed by atoms with van der Waals surface area (Å²) in [7, 11) is -4.65. The molecule has 0 bridgehead atoms. The van der Waals surface area contributed by atoms with Gasteiger partial charge < -0.3 is 31.9 Å². The Morgan fingerprint density at radius 2 is 0.661 bits per heavy atom. The topological polar surface area (TPSA) is 204 Å². The standard InChI is InChI=1S/C44H36N12O3S.2Na.2H/c57-60(58,59)38-29-37(50-44-55-41(47-34-17-9-3-10-18-34)52-42(56-44)48-35-19-11-4-12-20-35)28-25-31(38)24-21-30-22-26-36(27-23-30)49-43-53-39(45-32-13-5-1-6-14-32)51-40(54-43)46-33-15-7-2-8-16-33;;;;/h1-29H,(H,57,58,59)(H3,45,46,49,51,53,54)(H3,47,48,50,52,55,56);;;;. The second-order valence-electron chi connectivity index (χ2n) is 13.0. The van der Waals surface area contributed by atoms with Gasteiger partial charge >= 0.3 is 59.1 Å². The van der Waals surface area contributed by atoms with Gasteiger partial charge in [0.25, 0.3) is 10.1 Å². The molecule has 8 aromatic rings. The molecule has 300 valence electrons. The van der Waals surface area contributed by atoms with Gasteiger partial charge in [0.1, 0.15) is 4.90 Å². The molecule has 0 amide bonds. The number of aromatic nitrogens is 6. The van der Waals surface area contributed by atoms with Crippen LogP contribution in [0.3, 0.4) is 0 Å². The van der Waals surface area contributed by atoms with Gasteiger partial charge in [0.15, 0.2) is 0 Å². The Bertz CT molecular complexity index is 2730. The Balaban J connectivity index is 0.00000321. The van der Waals surface area contributed by atoms with Crippen LogP contribution < -0.4 is 31.9 Å². The minimum atomic E-state index is -4.65. The zero-order chi connectivity index (χ0) is 41.2. The fourth-order valence-electron chi connectivity index (χ4n) is 5.78. The molecule has 0 saturated carbocycles. The van der Waals surface area contributed by atoms with Gasteiger partial charge in [-0.15, -0.1) is 0 Å². The first-order valence-electron chi connectivity index (χ1n) is 18.5.